The molecule has 0 saturated carbocycles. The summed E-state index contributed by atoms with van der Waals surface area (Å²) in [5.74, 6) is 2.37. The first-order valence-electron chi connectivity index (χ1n) is 11.9. The lowest BCUT2D eigenvalue weighted by atomic mass is 9.99. The van der Waals surface area contributed by atoms with Crippen molar-refractivity contribution in [1.29, 1.82) is 0 Å². The summed E-state index contributed by atoms with van der Waals surface area (Å²) in [6.45, 7) is 6.70. The van der Waals surface area contributed by atoms with Crippen molar-refractivity contribution in [2.75, 3.05) is 19.9 Å². The fourth-order valence-electron chi connectivity index (χ4n) is 4.62. The highest BCUT2D eigenvalue weighted by atomic mass is 16.5. The predicted octanol–water partition coefficient (Wildman–Crippen LogP) is 5.79. The van der Waals surface area contributed by atoms with Gasteiger partial charge in [0.15, 0.2) is 5.76 Å². The minimum absolute atomic E-state index is 0.103. The molecule has 34 heavy (non-hydrogen) atoms. The number of benzene rings is 3. The Bertz CT molecular complexity index is 1230. The average Bonchev–Trinajstić information content (AvgIpc) is 3.16. The zero-order valence-corrected chi connectivity index (χ0v) is 19.7. The lowest BCUT2D eigenvalue weighted by Crippen LogP contribution is -2.33. The van der Waals surface area contributed by atoms with Gasteiger partial charge in [-0.15, -0.1) is 0 Å². The second-order valence-corrected chi connectivity index (χ2v) is 8.69. The molecular formula is C29H29NO4. The largest absolute Gasteiger partial charge is 0.493 e. The Morgan fingerprint density at radius 3 is 2.68 bits per heavy atom. The molecule has 0 amide bonds. The third-order valence-corrected chi connectivity index (χ3v) is 6.29. The Labute approximate surface area is 200 Å². The molecule has 0 atom stereocenters. The minimum Gasteiger partial charge on any atom is -0.493 e. The molecular weight excluding hydrogens is 426 g/mol. The zero-order chi connectivity index (χ0) is 23.5. The van der Waals surface area contributed by atoms with Crippen LogP contribution >= 0.6 is 0 Å². The van der Waals surface area contributed by atoms with Crippen molar-refractivity contribution in [2.24, 2.45) is 0 Å². The smallest absolute Gasteiger partial charge is 0.231 e. The summed E-state index contributed by atoms with van der Waals surface area (Å²) in [6, 6.07) is 20.1. The van der Waals surface area contributed by atoms with Crippen LogP contribution in [0.15, 0.2) is 66.4 Å². The number of fused-ring (bicyclic) bond motifs is 2. The van der Waals surface area contributed by atoms with E-state index >= 15 is 0 Å². The van der Waals surface area contributed by atoms with Gasteiger partial charge >= 0.3 is 0 Å². The molecule has 3 aromatic rings. The molecule has 5 heteroatoms. The number of nitrogens with zero attached hydrogens (tertiary/aromatic N) is 1. The summed E-state index contributed by atoms with van der Waals surface area (Å²) in [5, 5.41) is 0. The van der Waals surface area contributed by atoms with Crippen LogP contribution < -0.4 is 14.2 Å². The molecule has 3 aromatic carbocycles. The first-order chi connectivity index (χ1) is 16.6. The van der Waals surface area contributed by atoms with E-state index in [9.17, 15) is 4.79 Å². The highest BCUT2D eigenvalue weighted by molar-refractivity contribution is 6.15. The summed E-state index contributed by atoms with van der Waals surface area (Å²) >= 11 is 0. The van der Waals surface area contributed by atoms with Crippen LogP contribution in [0.25, 0.3) is 6.08 Å². The van der Waals surface area contributed by atoms with Crippen molar-refractivity contribution in [3.8, 4) is 17.2 Å². The molecule has 0 saturated heterocycles. The number of carbonyl (C=O) groups excluding carboxylic acids is 1. The van der Waals surface area contributed by atoms with Crippen molar-refractivity contribution < 1.29 is 19.0 Å². The van der Waals surface area contributed by atoms with Crippen molar-refractivity contribution >= 4 is 11.9 Å². The number of rotatable bonds is 7. The Hall–Kier alpha value is -3.57. The van der Waals surface area contributed by atoms with Crippen LogP contribution in [0.2, 0.25) is 0 Å². The average molecular weight is 456 g/mol. The maximum absolute atomic E-state index is 13.2. The van der Waals surface area contributed by atoms with E-state index in [1.165, 1.54) is 5.56 Å². The number of hydrogen-bond acceptors (Lipinski definition) is 5. The zero-order valence-electron chi connectivity index (χ0n) is 19.7. The van der Waals surface area contributed by atoms with Crippen molar-refractivity contribution in [3.63, 3.8) is 0 Å². The number of aryl methyl sites for hydroxylation is 1. The van der Waals surface area contributed by atoms with Crippen LogP contribution in [0.3, 0.4) is 0 Å². The summed E-state index contributed by atoms with van der Waals surface area (Å²) in [4.78, 5) is 15.5. The lowest BCUT2D eigenvalue weighted by Gasteiger charge is -2.30. The molecule has 5 nitrogen and oxygen atoms in total. The second-order valence-electron chi connectivity index (χ2n) is 8.69. The van der Waals surface area contributed by atoms with Gasteiger partial charge in [-0.3, -0.25) is 9.69 Å². The van der Waals surface area contributed by atoms with E-state index in [0.717, 1.165) is 54.1 Å². The molecule has 0 N–H and O–H groups in total. The number of Topliss-reactive ketones (excluding diaryl/α,β-unsaturated/α-hetero) is 1. The Morgan fingerprint density at radius 2 is 1.85 bits per heavy atom. The van der Waals surface area contributed by atoms with Crippen LogP contribution in [0.1, 0.15) is 46.0 Å². The summed E-state index contributed by atoms with van der Waals surface area (Å²) in [7, 11) is 0. The topological polar surface area (TPSA) is 48.0 Å². The first kappa shape index (κ1) is 22.2. The van der Waals surface area contributed by atoms with E-state index < -0.39 is 0 Å². The van der Waals surface area contributed by atoms with Gasteiger partial charge in [-0.2, -0.15) is 0 Å². The third kappa shape index (κ3) is 4.44. The number of para-hydroxylation sites is 1. The molecule has 2 heterocycles. The summed E-state index contributed by atoms with van der Waals surface area (Å²) in [6.07, 6.45) is 3.86. The van der Waals surface area contributed by atoms with Gasteiger partial charge in [-0.05, 0) is 50.5 Å². The number of ketones is 1. The molecule has 2 aliphatic rings. The van der Waals surface area contributed by atoms with Gasteiger partial charge in [0.2, 0.25) is 5.78 Å². The molecule has 174 valence electrons. The van der Waals surface area contributed by atoms with Crippen molar-refractivity contribution in [3.05, 3.63) is 94.2 Å². The van der Waals surface area contributed by atoms with E-state index in [2.05, 4.69) is 29.2 Å². The minimum atomic E-state index is -0.103. The molecule has 2 aliphatic heterocycles. The quantitative estimate of drug-likeness (QED) is 0.422. The molecule has 0 aromatic heterocycles. The Kier molecular flexibility index (Phi) is 6.37. The van der Waals surface area contributed by atoms with E-state index in [0.29, 0.717) is 30.4 Å². The van der Waals surface area contributed by atoms with Gasteiger partial charge in [-0.1, -0.05) is 48.5 Å². The Balaban J connectivity index is 1.33. The summed E-state index contributed by atoms with van der Waals surface area (Å²) < 4.78 is 17.9. The Morgan fingerprint density at radius 1 is 1.06 bits per heavy atom. The normalized spacial score (nSPS) is 16.1. The van der Waals surface area contributed by atoms with E-state index in [1.54, 1.807) is 6.08 Å². The van der Waals surface area contributed by atoms with Crippen LogP contribution in [-0.4, -0.2) is 30.6 Å². The number of carbonyl (C=O) groups is 1. The number of hydrogen-bond donors (Lipinski definition) is 0. The summed E-state index contributed by atoms with van der Waals surface area (Å²) in [5.41, 5.74) is 4.69. The third-order valence-electron chi connectivity index (χ3n) is 6.29. The van der Waals surface area contributed by atoms with Crippen LogP contribution in [0.4, 0.5) is 0 Å². The molecule has 0 unspecified atom stereocenters. The van der Waals surface area contributed by atoms with Gasteiger partial charge in [0.05, 0.1) is 12.2 Å². The molecule has 0 radical (unpaired) electrons. The van der Waals surface area contributed by atoms with Gasteiger partial charge in [0, 0.05) is 29.8 Å². The van der Waals surface area contributed by atoms with Crippen molar-refractivity contribution in [2.45, 2.75) is 33.2 Å². The van der Waals surface area contributed by atoms with E-state index in [4.69, 9.17) is 14.2 Å². The van der Waals surface area contributed by atoms with Gasteiger partial charge in [0.25, 0.3) is 0 Å². The molecule has 5 rings (SSSR count). The monoisotopic (exact) mass is 455 g/mol. The second kappa shape index (κ2) is 9.74. The molecule has 0 fully saturated rings. The highest BCUT2D eigenvalue weighted by Crippen LogP contribution is 2.43. The highest BCUT2D eigenvalue weighted by Gasteiger charge is 2.33. The van der Waals surface area contributed by atoms with Crippen LogP contribution in [0.5, 0.6) is 17.2 Å². The maximum atomic E-state index is 13.2. The van der Waals surface area contributed by atoms with E-state index in [1.807, 2.05) is 50.2 Å². The number of ether oxygens (including phenoxy) is 3. The SMILES string of the molecule is CCOc1ccccc1/C=C1\Oc2c(cc3c(c2C)OCN(CCCc2ccccc2)C3)C1=O. The standard InChI is InChI=1S/C29H29NO4/c1-3-32-25-14-8-7-13-22(25)17-26-27(31)24-16-23-18-30(15-9-12-21-10-5-4-6-11-21)19-33-28(23)20(2)29(24)34-26/h4-8,10-11,13-14,16-17H,3,9,12,15,18-19H2,1-2H3/b26-17-. The van der Waals surface area contributed by atoms with Crippen LogP contribution in [-0.2, 0) is 13.0 Å². The first-order valence-corrected chi connectivity index (χ1v) is 11.9. The van der Waals surface area contributed by atoms with Gasteiger partial charge in [-0.25, -0.2) is 0 Å². The van der Waals surface area contributed by atoms with Gasteiger partial charge < -0.3 is 14.2 Å². The fraction of sp³-hybridized carbons (Fsp3) is 0.276. The molecule has 0 spiro atoms. The van der Waals surface area contributed by atoms with E-state index in [-0.39, 0.29) is 5.78 Å². The molecule has 0 aliphatic carbocycles. The van der Waals surface area contributed by atoms with Crippen molar-refractivity contribution in [1.82, 2.24) is 4.90 Å². The number of allylic oxidation sites excluding steroid dienone is 1. The molecule has 0 bridgehead atoms. The predicted molar refractivity (Wildman–Crippen MR) is 132 cm³/mol. The van der Waals surface area contributed by atoms with Gasteiger partial charge in [0.1, 0.15) is 24.0 Å². The fourth-order valence-corrected chi connectivity index (χ4v) is 4.62. The lowest BCUT2D eigenvalue weighted by molar-refractivity contribution is 0.0932. The van der Waals surface area contributed by atoms with Crippen LogP contribution in [0, 0.1) is 6.92 Å². The maximum Gasteiger partial charge on any atom is 0.231 e.